The van der Waals surface area contributed by atoms with Crippen molar-refractivity contribution in [3.63, 3.8) is 0 Å². The molecule has 1 atom stereocenters. The Labute approximate surface area is 157 Å². The minimum absolute atomic E-state index is 0.0837. The molecule has 0 bridgehead atoms. The predicted octanol–water partition coefficient (Wildman–Crippen LogP) is 1.82. The Balaban J connectivity index is 1.66. The van der Waals surface area contributed by atoms with E-state index in [-0.39, 0.29) is 17.5 Å². The number of nitrogens with one attached hydrogen (secondary N) is 1. The summed E-state index contributed by atoms with van der Waals surface area (Å²) in [4.78, 5) is 36.9. The van der Waals surface area contributed by atoms with Gasteiger partial charge in [-0.2, -0.15) is 5.10 Å². The molecule has 1 amide bonds. The van der Waals surface area contributed by atoms with E-state index in [0.29, 0.717) is 17.2 Å². The lowest BCUT2D eigenvalue weighted by atomic mass is 10.0. The molecule has 7 heteroatoms. The van der Waals surface area contributed by atoms with Gasteiger partial charge in [-0.3, -0.25) is 9.59 Å². The van der Waals surface area contributed by atoms with Crippen LogP contribution in [0.2, 0.25) is 0 Å². The highest BCUT2D eigenvalue weighted by molar-refractivity contribution is 5.92. The second kappa shape index (κ2) is 7.73. The van der Waals surface area contributed by atoms with Gasteiger partial charge in [-0.1, -0.05) is 30.3 Å². The van der Waals surface area contributed by atoms with Crippen LogP contribution in [-0.4, -0.2) is 28.3 Å². The Kier molecular flexibility index (Phi) is 5.39. The van der Waals surface area contributed by atoms with Gasteiger partial charge in [0.05, 0.1) is 11.7 Å². The van der Waals surface area contributed by atoms with Crippen LogP contribution in [0.4, 0.5) is 0 Å². The van der Waals surface area contributed by atoms with Gasteiger partial charge in [-0.15, -0.1) is 0 Å². The number of aromatic nitrogens is 2. The molecule has 1 N–H and O–H groups in total. The number of aryl methyl sites for hydroxylation is 2. The van der Waals surface area contributed by atoms with Crippen LogP contribution in [-0.2, 0) is 16.6 Å². The van der Waals surface area contributed by atoms with E-state index in [1.165, 1.54) is 7.05 Å². The van der Waals surface area contributed by atoms with Crippen LogP contribution in [0.5, 0.6) is 0 Å². The monoisotopic (exact) mass is 369 g/mol. The number of nitrogens with zero attached hydrogens (tertiary/aromatic N) is 2. The van der Waals surface area contributed by atoms with E-state index in [0.717, 1.165) is 23.1 Å². The zero-order chi connectivity index (χ0) is 19.6. The average molecular weight is 369 g/mol. The summed E-state index contributed by atoms with van der Waals surface area (Å²) < 4.78 is 6.20. The fraction of sp³-hybridized carbons (Fsp3) is 0.400. The molecular formula is C20H23N3O4. The first-order valence-corrected chi connectivity index (χ1v) is 8.94. The number of hydrogen-bond acceptors (Lipinski definition) is 5. The third-order valence-electron chi connectivity index (χ3n) is 4.83. The van der Waals surface area contributed by atoms with Gasteiger partial charge in [-0.25, -0.2) is 9.48 Å². The van der Waals surface area contributed by atoms with E-state index in [1.54, 1.807) is 13.8 Å². The highest BCUT2D eigenvalue weighted by Crippen LogP contribution is 2.40. The molecule has 1 aliphatic carbocycles. The van der Waals surface area contributed by atoms with Gasteiger partial charge >= 0.3 is 5.97 Å². The fourth-order valence-corrected chi connectivity index (χ4v) is 3.07. The van der Waals surface area contributed by atoms with Crippen molar-refractivity contribution in [1.29, 1.82) is 0 Å². The third kappa shape index (κ3) is 4.24. The van der Waals surface area contributed by atoms with E-state index < -0.39 is 18.1 Å². The number of ether oxygens (including phenoxy) is 1. The van der Waals surface area contributed by atoms with Crippen molar-refractivity contribution in [2.45, 2.75) is 32.7 Å². The van der Waals surface area contributed by atoms with Crippen molar-refractivity contribution < 1.29 is 14.3 Å². The van der Waals surface area contributed by atoms with Crippen molar-refractivity contribution in [2.24, 2.45) is 13.0 Å². The lowest BCUT2D eigenvalue weighted by Crippen LogP contribution is -2.35. The zero-order valence-electron chi connectivity index (χ0n) is 15.7. The smallest absolute Gasteiger partial charge is 0.344 e. The fourth-order valence-electron chi connectivity index (χ4n) is 3.07. The molecule has 1 saturated carbocycles. The van der Waals surface area contributed by atoms with Crippen LogP contribution in [0.25, 0.3) is 0 Å². The number of hydrogen-bond donors (Lipinski definition) is 1. The maximum Gasteiger partial charge on any atom is 0.344 e. The Morgan fingerprint density at radius 1 is 1.26 bits per heavy atom. The SMILES string of the molecule is Cc1nn(C)c(=O)c(C(=O)OCC(=O)N[C@@H](c2ccccc2)C2CC2)c1C. The molecular weight excluding hydrogens is 346 g/mol. The summed E-state index contributed by atoms with van der Waals surface area (Å²) in [7, 11) is 1.47. The zero-order valence-corrected chi connectivity index (χ0v) is 15.7. The number of rotatable bonds is 6. The molecule has 1 aromatic heterocycles. The summed E-state index contributed by atoms with van der Waals surface area (Å²) in [6, 6.07) is 9.65. The standard InChI is InChI=1S/C20H23N3O4/c1-12-13(2)22-23(3)19(25)17(12)20(26)27-11-16(24)21-18(15-9-10-15)14-7-5-4-6-8-14/h4-8,15,18H,9-11H2,1-3H3,(H,21,24)/t18-/m0/s1. The van der Waals surface area contributed by atoms with Gasteiger partial charge in [0, 0.05) is 7.05 Å². The van der Waals surface area contributed by atoms with Crippen molar-refractivity contribution in [3.8, 4) is 0 Å². The Bertz CT molecular complexity index is 917. The largest absolute Gasteiger partial charge is 0.452 e. The highest BCUT2D eigenvalue weighted by Gasteiger charge is 2.33. The van der Waals surface area contributed by atoms with Crippen molar-refractivity contribution in [2.75, 3.05) is 6.61 Å². The molecule has 1 heterocycles. The lowest BCUT2D eigenvalue weighted by Gasteiger charge is -2.19. The van der Waals surface area contributed by atoms with Crippen molar-refractivity contribution in [1.82, 2.24) is 15.1 Å². The third-order valence-corrected chi connectivity index (χ3v) is 4.83. The maximum absolute atomic E-state index is 12.4. The maximum atomic E-state index is 12.4. The number of carbonyl (C=O) groups is 2. The van der Waals surface area contributed by atoms with E-state index >= 15 is 0 Å². The van der Waals surface area contributed by atoms with Gasteiger partial charge < -0.3 is 10.1 Å². The van der Waals surface area contributed by atoms with Gasteiger partial charge in [0.25, 0.3) is 11.5 Å². The van der Waals surface area contributed by atoms with Crippen LogP contribution in [0.15, 0.2) is 35.1 Å². The van der Waals surface area contributed by atoms with E-state index in [9.17, 15) is 14.4 Å². The van der Waals surface area contributed by atoms with Crippen molar-refractivity contribution >= 4 is 11.9 Å². The van der Waals surface area contributed by atoms with E-state index in [4.69, 9.17) is 4.74 Å². The first-order chi connectivity index (χ1) is 12.9. The van der Waals surface area contributed by atoms with E-state index in [1.807, 2.05) is 30.3 Å². The van der Waals surface area contributed by atoms with Crippen LogP contribution >= 0.6 is 0 Å². The molecule has 142 valence electrons. The Morgan fingerprint density at radius 3 is 2.56 bits per heavy atom. The molecule has 0 aliphatic heterocycles. The molecule has 7 nitrogen and oxygen atoms in total. The summed E-state index contributed by atoms with van der Waals surface area (Å²) in [5, 5.41) is 6.97. The molecule has 1 fully saturated rings. The number of amides is 1. The summed E-state index contributed by atoms with van der Waals surface area (Å²) in [6.07, 6.45) is 2.12. The molecule has 0 saturated heterocycles. The normalized spacial score (nSPS) is 14.5. The summed E-state index contributed by atoms with van der Waals surface area (Å²) in [6.45, 7) is 2.91. The first-order valence-electron chi connectivity index (χ1n) is 8.94. The van der Waals surface area contributed by atoms with Crippen LogP contribution in [0.1, 0.15) is 46.1 Å². The quantitative estimate of drug-likeness (QED) is 0.785. The topological polar surface area (TPSA) is 90.3 Å². The lowest BCUT2D eigenvalue weighted by molar-refractivity contribution is -0.125. The Morgan fingerprint density at radius 2 is 1.93 bits per heavy atom. The van der Waals surface area contributed by atoms with Crippen LogP contribution in [0.3, 0.4) is 0 Å². The second-order valence-electron chi connectivity index (χ2n) is 6.88. The van der Waals surface area contributed by atoms with Gasteiger partial charge in [0.15, 0.2) is 6.61 Å². The number of benzene rings is 1. The van der Waals surface area contributed by atoms with E-state index in [2.05, 4.69) is 10.4 Å². The minimum Gasteiger partial charge on any atom is -0.452 e. The van der Waals surface area contributed by atoms with Gasteiger partial charge in [0.2, 0.25) is 0 Å². The summed E-state index contributed by atoms with van der Waals surface area (Å²) in [5.41, 5.74) is 1.44. The van der Waals surface area contributed by atoms with Gasteiger partial charge in [-0.05, 0) is 43.7 Å². The number of esters is 1. The molecule has 1 aliphatic rings. The van der Waals surface area contributed by atoms with Crippen LogP contribution in [0, 0.1) is 19.8 Å². The summed E-state index contributed by atoms with van der Waals surface area (Å²) >= 11 is 0. The molecule has 0 spiro atoms. The molecule has 0 radical (unpaired) electrons. The molecule has 1 aromatic carbocycles. The Hall–Kier alpha value is -2.96. The minimum atomic E-state index is -0.809. The molecule has 2 aromatic rings. The van der Waals surface area contributed by atoms with Gasteiger partial charge in [0.1, 0.15) is 5.56 Å². The molecule has 3 rings (SSSR count). The van der Waals surface area contributed by atoms with Crippen molar-refractivity contribution in [3.05, 3.63) is 63.1 Å². The number of carbonyl (C=O) groups excluding carboxylic acids is 2. The highest BCUT2D eigenvalue weighted by atomic mass is 16.5. The predicted molar refractivity (Wildman–Crippen MR) is 99.3 cm³/mol. The average Bonchev–Trinajstić information content (AvgIpc) is 3.49. The second-order valence-corrected chi connectivity index (χ2v) is 6.88. The van der Waals surface area contributed by atoms with Crippen LogP contribution < -0.4 is 10.9 Å². The summed E-state index contributed by atoms with van der Waals surface area (Å²) in [5.74, 6) is -0.787. The molecule has 0 unspecified atom stereocenters. The molecule has 27 heavy (non-hydrogen) atoms. The first kappa shape index (κ1) is 18.8.